The number of carbonyl (C=O) groups excluding carboxylic acids is 1. The Labute approximate surface area is 120 Å². The number of aryl methyl sites for hydroxylation is 1. The normalized spacial score (nSPS) is 10.3. The average molecular weight is 292 g/mol. The lowest BCUT2D eigenvalue weighted by Crippen LogP contribution is -2.22. The smallest absolute Gasteiger partial charge is 0.238 e. The summed E-state index contributed by atoms with van der Waals surface area (Å²) in [5.74, 6) is -1.66. The average Bonchev–Trinajstić information content (AvgIpc) is 2.45. The molecule has 110 valence electrons. The van der Waals surface area contributed by atoms with E-state index >= 15 is 0 Å². The molecule has 0 saturated carbocycles. The van der Waals surface area contributed by atoms with Crippen molar-refractivity contribution >= 4 is 11.6 Å². The molecule has 0 aliphatic carbocycles. The van der Waals surface area contributed by atoms with E-state index in [0.29, 0.717) is 0 Å². The molecule has 0 atom stereocenters. The van der Waals surface area contributed by atoms with Crippen LogP contribution in [0.4, 0.5) is 14.5 Å². The highest BCUT2D eigenvalue weighted by Crippen LogP contribution is 2.32. The molecule has 0 bridgehead atoms. The van der Waals surface area contributed by atoms with E-state index < -0.39 is 17.5 Å². The number of carbonyl (C=O) groups is 1. The van der Waals surface area contributed by atoms with Crippen LogP contribution in [0.15, 0.2) is 36.4 Å². The fourth-order valence-corrected chi connectivity index (χ4v) is 1.69. The fraction of sp³-hybridized carbons (Fsp3) is 0.133. The first-order valence-corrected chi connectivity index (χ1v) is 6.23. The number of ether oxygens (including phenoxy) is 1. The molecule has 0 unspecified atom stereocenters. The van der Waals surface area contributed by atoms with Crippen LogP contribution in [0.5, 0.6) is 11.5 Å². The minimum Gasteiger partial charge on any atom is -0.452 e. The van der Waals surface area contributed by atoms with E-state index in [1.54, 1.807) is 13.0 Å². The molecule has 0 spiro atoms. The largest absolute Gasteiger partial charge is 0.452 e. The number of hydrogen-bond donors (Lipinski definition) is 2. The topological polar surface area (TPSA) is 64.3 Å². The molecular formula is C15H14F2N2O2. The van der Waals surface area contributed by atoms with Gasteiger partial charge in [-0.25, -0.2) is 8.78 Å². The Balaban J connectivity index is 2.35. The molecule has 2 aromatic carbocycles. The second-order valence-corrected chi connectivity index (χ2v) is 4.43. The molecule has 0 heterocycles. The maximum atomic E-state index is 13.7. The third kappa shape index (κ3) is 3.76. The molecule has 0 fully saturated rings. The molecule has 0 radical (unpaired) electrons. The predicted molar refractivity (Wildman–Crippen MR) is 75.3 cm³/mol. The summed E-state index contributed by atoms with van der Waals surface area (Å²) >= 11 is 0. The highest BCUT2D eigenvalue weighted by molar-refractivity contribution is 5.93. The standard InChI is InChI=1S/C15H14F2N2O2/c1-9-2-4-11(17)13(6-9)21-14-7-10(16)3-5-12(14)19-15(20)8-18/h2-7H,8,18H2,1H3,(H,19,20). The van der Waals surface area contributed by atoms with Crippen molar-refractivity contribution in [3.8, 4) is 11.5 Å². The minimum atomic E-state index is -0.582. The second kappa shape index (κ2) is 6.32. The van der Waals surface area contributed by atoms with Gasteiger partial charge in [0, 0.05) is 6.07 Å². The van der Waals surface area contributed by atoms with Crippen LogP contribution in [0.2, 0.25) is 0 Å². The Kier molecular flexibility index (Phi) is 4.49. The SMILES string of the molecule is Cc1ccc(F)c(Oc2cc(F)ccc2NC(=O)CN)c1. The number of rotatable bonds is 4. The molecule has 0 aromatic heterocycles. The van der Waals surface area contributed by atoms with E-state index in [4.69, 9.17) is 10.5 Å². The summed E-state index contributed by atoms with van der Waals surface area (Å²) in [6.45, 7) is 1.55. The van der Waals surface area contributed by atoms with Gasteiger partial charge < -0.3 is 15.8 Å². The highest BCUT2D eigenvalue weighted by Gasteiger charge is 2.12. The van der Waals surface area contributed by atoms with Gasteiger partial charge in [-0.3, -0.25) is 4.79 Å². The summed E-state index contributed by atoms with van der Waals surface area (Å²) < 4.78 is 32.4. The maximum Gasteiger partial charge on any atom is 0.238 e. The van der Waals surface area contributed by atoms with E-state index in [2.05, 4.69) is 5.32 Å². The van der Waals surface area contributed by atoms with Crippen LogP contribution in [0.3, 0.4) is 0 Å². The maximum absolute atomic E-state index is 13.7. The molecular weight excluding hydrogens is 278 g/mol. The lowest BCUT2D eigenvalue weighted by atomic mass is 10.2. The number of amides is 1. The molecule has 21 heavy (non-hydrogen) atoms. The number of anilines is 1. The Morgan fingerprint density at radius 2 is 1.95 bits per heavy atom. The molecule has 6 heteroatoms. The zero-order valence-corrected chi connectivity index (χ0v) is 11.3. The third-order valence-electron chi connectivity index (χ3n) is 2.71. The minimum absolute atomic E-state index is 0.00120. The summed E-state index contributed by atoms with van der Waals surface area (Å²) in [7, 11) is 0. The summed E-state index contributed by atoms with van der Waals surface area (Å²) in [5.41, 5.74) is 6.21. The van der Waals surface area contributed by atoms with Crippen molar-refractivity contribution in [2.75, 3.05) is 11.9 Å². The summed E-state index contributed by atoms with van der Waals surface area (Å²) in [6.07, 6.45) is 0. The molecule has 2 rings (SSSR count). The predicted octanol–water partition coefficient (Wildman–Crippen LogP) is 2.96. The summed E-state index contributed by atoms with van der Waals surface area (Å²) in [5, 5.41) is 2.46. The van der Waals surface area contributed by atoms with Crippen LogP contribution >= 0.6 is 0 Å². The first kappa shape index (κ1) is 14.9. The quantitative estimate of drug-likeness (QED) is 0.910. The van der Waals surface area contributed by atoms with Gasteiger partial charge >= 0.3 is 0 Å². The molecule has 4 nitrogen and oxygen atoms in total. The van der Waals surface area contributed by atoms with E-state index in [9.17, 15) is 13.6 Å². The van der Waals surface area contributed by atoms with Crippen LogP contribution in [0, 0.1) is 18.6 Å². The number of hydrogen-bond acceptors (Lipinski definition) is 3. The van der Waals surface area contributed by atoms with Gasteiger partial charge in [0.05, 0.1) is 12.2 Å². The van der Waals surface area contributed by atoms with Gasteiger partial charge in [-0.05, 0) is 36.8 Å². The van der Waals surface area contributed by atoms with E-state index in [1.165, 1.54) is 18.2 Å². The molecule has 0 aliphatic rings. The Hall–Kier alpha value is -2.47. The summed E-state index contributed by atoms with van der Waals surface area (Å²) in [4.78, 5) is 11.3. The van der Waals surface area contributed by atoms with Crippen LogP contribution in [0.25, 0.3) is 0 Å². The Bertz CT molecular complexity index is 675. The Morgan fingerprint density at radius 1 is 1.19 bits per heavy atom. The third-order valence-corrected chi connectivity index (χ3v) is 2.71. The van der Waals surface area contributed by atoms with E-state index in [-0.39, 0.29) is 23.7 Å². The van der Waals surface area contributed by atoms with Gasteiger partial charge in [0.25, 0.3) is 0 Å². The van der Waals surface area contributed by atoms with Crippen molar-refractivity contribution in [2.24, 2.45) is 5.73 Å². The number of benzene rings is 2. The van der Waals surface area contributed by atoms with Gasteiger partial charge in [-0.1, -0.05) is 6.07 Å². The lowest BCUT2D eigenvalue weighted by molar-refractivity contribution is -0.114. The van der Waals surface area contributed by atoms with E-state index in [1.807, 2.05) is 0 Å². The van der Waals surface area contributed by atoms with Gasteiger partial charge in [-0.15, -0.1) is 0 Å². The molecule has 3 N–H and O–H groups in total. The lowest BCUT2D eigenvalue weighted by Gasteiger charge is -2.13. The number of halogens is 2. The zero-order valence-electron chi connectivity index (χ0n) is 11.3. The molecule has 0 aliphatic heterocycles. The van der Waals surface area contributed by atoms with Gasteiger partial charge in [0.15, 0.2) is 17.3 Å². The molecule has 2 aromatic rings. The van der Waals surface area contributed by atoms with Crippen molar-refractivity contribution in [1.82, 2.24) is 0 Å². The van der Waals surface area contributed by atoms with E-state index in [0.717, 1.165) is 17.7 Å². The first-order valence-electron chi connectivity index (χ1n) is 6.23. The van der Waals surface area contributed by atoms with Gasteiger partial charge in [-0.2, -0.15) is 0 Å². The van der Waals surface area contributed by atoms with Crippen LogP contribution < -0.4 is 15.8 Å². The van der Waals surface area contributed by atoms with Crippen molar-refractivity contribution in [1.29, 1.82) is 0 Å². The van der Waals surface area contributed by atoms with Crippen molar-refractivity contribution in [2.45, 2.75) is 6.92 Å². The van der Waals surface area contributed by atoms with Gasteiger partial charge in [0.2, 0.25) is 5.91 Å². The fourth-order valence-electron chi connectivity index (χ4n) is 1.69. The summed E-state index contributed by atoms with van der Waals surface area (Å²) in [6, 6.07) is 7.87. The molecule has 1 amide bonds. The zero-order chi connectivity index (χ0) is 15.4. The second-order valence-electron chi connectivity index (χ2n) is 4.43. The highest BCUT2D eigenvalue weighted by atomic mass is 19.1. The van der Waals surface area contributed by atoms with Crippen LogP contribution in [-0.4, -0.2) is 12.5 Å². The monoisotopic (exact) mass is 292 g/mol. The first-order chi connectivity index (χ1) is 9.99. The van der Waals surface area contributed by atoms with Crippen molar-refractivity contribution in [3.05, 3.63) is 53.6 Å². The number of nitrogens with two attached hydrogens (primary N) is 1. The van der Waals surface area contributed by atoms with Crippen LogP contribution in [-0.2, 0) is 4.79 Å². The van der Waals surface area contributed by atoms with Crippen LogP contribution in [0.1, 0.15) is 5.56 Å². The number of nitrogens with one attached hydrogen (secondary N) is 1. The van der Waals surface area contributed by atoms with Crippen molar-refractivity contribution in [3.63, 3.8) is 0 Å². The molecule has 0 saturated heterocycles. The van der Waals surface area contributed by atoms with Crippen molar-refractivity contribution < 1.29 is 18.3 Å². The Morgan fingerprint density at radius 3 is 2.67 bits per heavy atom. The van der Waals surface area contributed by atoms with Gasteiger partial charge in [0.1, 0.15) is 5.82 Å².